The van der Waals surface area contributed by atoms with Crippen molar-refractivity contribution in [1.82, 2.24) is 16.0 Å². The van der Waals surface area contributed by atoms with E-state index in [0.29, 0.717) is 0 Å². The molecule has 0 aromatic carbocycles. The van der Waals surface area contributed by atoms with Crippen LogP contribution >= 0.6 is 0 Å². The van der Waals surface area contributed by atoms with Gasteiger partial charge in [0, 0.05) is 0 Å². The molecule has 0 saturated heterocycles. The van der Waals surface area contributed by atoms with Crippen LogP contribution in [0.2, 0.25) is 0 Å². The second-order valence-corrected chi connectivity index (χ2v) is 3.15. The predicted octanol–water partition coefficient (Wildman–Crippen LogP) is -0.904. The molecular formula is C11H23N3O3. The Hall–Kier alpha value is -1.27. The molecule has 0 unspecified atom stereocenters. The molecule has 3 N–H and O–H groups in total. The Morgan fingerprint density at radius 3 is 2.00 bits per heavy atom. The number of rotatable bonds is 8. The van der Waals surface area contributed by atoms with Gasteiger partial charge in [0.25, 0.3) is 0 Å². The summed E-state index contributed by atoms with van der Waals surface area (Å²) in [6, 6.07) is 0. The Kier molecular flexibility index (Phi) is 13.6. The third kappa shape index (κ3) is 14.7. The smallest absolute Gasteiger partial charge is 0.234 e. The molecule has 0 aromatic heterocycles. The van der Waals surface area contributed by atoms with Gasteiger partial charge < -0.3 is 16.0 Å². The van der Waals surface area contributed by atoms with Crippen LogP contribution in [0.3, 0.4) is 0 Å². The van der Waals surface area contributed by atoms with Crippen LogP contribution in [0.4, 0.5) is 0 Å². The summed E-state index contributed by atoms with van der Waals surface area (Å²) < 4.78 is 0. The zero-order valence-electron chi connectivity index (χ0n) is 11.1. The van der Waals surface area contributed by atoms with Crippen molar-refractivity contribution in [3.63, 3.8) is 0 Å². The Bertz CT molecular complexity index is 242. The van der Waals surface area contributed by atoms with E-state index < -0.39 is 0 Å². The van der Waals surface area contributed by atoms with Crippen LogP contribution in [0.15, 0.2) is 0 Å². The van der Waals surface area contributed by atoms with Crippen molar-refractivity contribution in [2.45, 2.75) is 20.8 Å². The maximum absolute atomic E-state index is 11.0. The molecule has 0 aliphatic rings. The summed E-state index contributed by atoms with van der Waals surface area (Å²) >= 11 is 0. The standard InChI is InChI=1S/C9H17N3O3.C2H6/c1-7(13)3-12-9(15)6-11-5-8(14)4-10-2;1-2/h10-11H,3-6H2,1-2H3,(H,12,15);1-2H3. The number of carbonyl (C=O) groups excluding carboxylic acids is 3. The van der Waals surface area contributed by atoms with Crippen molar-refractivity contribution in [3.05, 3.63) is 0 Å². The molecule has 0 rings (SSSR count). The van der Waals surface area contributed by atoms with E-state index in [4.69, 9.17) is 0 Å². The summed E-state index contributed by atoms with van der Waals surface area (Å²) in [5, 5.41) is 7.80. The number of Topliss-reactive ketones (excluding diaryl/α,β-unsaturated/α-hetero) is 2. The molecule has 0 saturated carbocycles. The number of likely N-dealkylation sites (N-methyl/N-ethyl adjacent to an activating group) is 1. The highest BCUT2D eigenvalue weighted by Gasteiger charge is 2.03. The highest BCUT2D eigenvalue weighted by molar-refractivity contribution is 5.86. The van der Waals surface area contributed by atoms with Gasteiger partial charge in [-0.05, 0) is 14.0 Å². The molecule has 0 aromatic rings. The molecular weight excluding hydrogens is 222 g/mol. The molecule has 0 fully saturated rings. The van der Waals surface area contributed by atoms with Crippen molar-refractivity contribution in [1.29, 1.82) is 0 Å². The normalized spacial score (nSPS) is 8.94. The fourth-order valence-corrected chi connectivity index (χ4v) is 0.861. The van der Waals surface area contributed by atoms with Gasteiger partial charge in [-0.2, -0.15) is 0 Å². The first-order chi connectivity index (χ1) is 8.06. The highest BCUT2D eigenvalue weighted by atomic mass is 16.2. The van der Waals surface area contributed by atoms with Gasteiger partial charge in [-0.15, -0.1) is 0 Å². The average molecular weight is 245 g/mol. The lowest BCUT2D eigenvalue weighted by Crippen LogP contribution is -2.39. The quantitative estimate of drug-likeness (QED) is 0.515. The van der Waals surface area contributed by atoms with E-state index >= 15 is 0 Å². The van der Waals surface area contributed by atoms with Gasteiger partial charge in [-0.3, -0.25) is 14.4 Å². The largest absolute Gasteiger partial charge is 0.348 e. The van der Waals surface area contributed by atoms with Gasteiger partial charge in [-0.25, -0.2) is 0 Å². The van der Waals surface area contributed by atoms with E-state index in [2.05, 4.69) is 16.0 Å². The second-order valence-electron chi connectivity index (χ2n) is 3.15. The fraction of sp³-hybridized carbons (Fsp3) is 0.727. The van der Waals surface area contributed by atoms with Crippen LogP contribution in [0.25, 0.3) is 0 Å². The molecule has 0 radical (unpaired) electrons. The van der Waals surface area contributed by atoms with Gasteiger partial charge in [-0.1, -0.05) is 13.8 Å². The van der Waals surface area contributed by atoms with Crippen LogP contribution in [0.5, 0.6) is 0 Å². The topological polar surface area (TPSA) is 87.3 Å². The Morgan fingerprint density at radius 2 is 1.53 bits per heavy atom. The zero-order valence-corrected chi connectivity index (χ0v) is 11.1. The highest BCUT2D eigenvalue weighted by Crippen LogP contribution is 1.70. The van der Waals surface area contributed by atoms with Crippen LogP contribution in [0.1, 0.15) is 20.8 Å². The Labute approximate surface area is 103 Å². The van der Waals surface area contributed by atoms with Crippen molar-refractivity contribution >= 4 is 17.5 Å². The third-order valence-corrected chi connectivity index (χ3v) is 1.52. The van der Waals surface area contributed by atoms with E-state index in [9.17, 15) is 14.4 Å². The molecule has 0 bridgehead atoms. The van der Waals surface area contributed by atoms with Crippen LogP contribution in [0, 0.1) is 0 Å². The first-order valence-electron chi connectivity index (χ1n) is 5.69. The molecule has 0 atom stereocenters. The Balaban J connectivity index is 0. The minimum atomic E-state index is -0.289. The molecule has 0 aliphatic carbocycles. The summed E-state index contributed by atoms with van der Waals surface area (Å²) in [6.07, 6.45) is 0. The first-order valence-corrected chi connectivity index (χ1v) is 5.69. The average Bonchev–Trinajstić information content (AvgIpc) is 2.29. The van der Waals surface area contributed by atoms with Gasteiger partial charge >= 0.3 is 0 Å². The summed E-state index contributed by atoms with van der Waals surface area (Å²) in [5.74, 6) is -0.408. The number of nitrogens with one attached hydrogen (secondary N) is 3. The Morgan fingerprint density at radius 1 is 0.941 bits per heavy atom. The predicted molar refractivity (Wildman–Crippen MR) is 66.8 cm³/mol. The molecule has 1 amide bonds. The molecule has 100 valence electrons. The second kappa shape index (κ2) is 12.8. The zero-order chi connectivity index (χ0) is 13.7. The molecule has 0 spiro atoms. The van der Waals surface area contributed by atoms with E-state index in [1.807, 2.05) is 13.8 Å². The number of amides is 1. The van der Waals surface area contributed by atoms with Crippen LogP contribution < -0.4 is 16.0 Å². The summed E-state index contributed by atoms with van der Waals surface area (Å²) in [6.45, 7) is 5.90. The lowest BCUT2D eigenvalue weighted by molar-refractivity contribution is -0.124. The minimum absolute atomic E-state index is 0.0168. The summed E-state index contributed by atoms with van der Waals surface area (Å²) in [7, 11) is 1.68. The van der Waals surface area contributed by atoms with Crippen LogP contribution in [-0.4, -0.2) is 50.7 Å². The van der Waals surface area contributed by atoms with Crippen LogP contribution in [-0.2, 0) is 14.4 Å². The summed E-state index contributed by atoms with van der Waals surface area (Å²) in [4.78, 5) is 32.5. The summed E-state index contributed by atoms with van der Waals surface area (Å²) in [5.41, 5.74) is 0. The van der Waals surface area contributed by atoms with Crippen molar-refractivity contribution in [3.8, 4) is 0 Å². The minimum Gasteiger partial charge on any atom is -0.348 e. The monoisotopic (exact) mass is 245 g/mol. The molecule has 17 heavy (non-hydrogen) atoms. The number of hydrogen-bond donors (Lipinski definition) is 3. The number of ketones is 2. The molecule has 0 aliphatic heterocycles. The molecule has 6 nitrogen and oxygen atoms in total. The third-order valence-electron chi connectivity index (χ3n) is 1.52. The van der Waals surface area contributed by atoms with Gasteiger partial charge in [0.15, 0.2) is 5.78 Å². The number of carbonyl (C=O) groups is 3. The van der Waals surface area contributed by atoms with Crippen molar-refractivity contribution in [2.24, 2.45) is 0 Å². The molecule has 0 heterocycles. The van der Waals surface area contributed by atoms with E-state index in [1.165, 1.54) is 6.92 Å². The van der Waals surface area contributed by atoms with Crippen molar-refractivity contribution < 1.29 is 14.4 Å². The van der Waals surface area contributed by atoms with Gasteiger partial charge in [0.2, 0.25) is 5.91 Å². The van der Waals surface area contributed by atoms with E-state index in [1.54, 1.807) is 7.05 Å². The number of hydrogen-bond acceptors (Lipinski definition) is 5. The van der Waals surface area contributed by atoms with Crippen molar-refractivity contribution in [2.75, 3.05) is 33.2 Å². The molecule has 6 heteroatoms. The van der Waals surface area contributed by atoms with Gasteiger partial charge in [0.05, 0.1) is 26.2 Å². The van der Waals surface area contributed by atoms with E-state index in [0.717, 1.165) is 0 Å². The van der Waals surface area contributed by atoms with E-state index in [-0.39, 0.29) is 43.7 Å². The first kappa shape index (κ1) is 18.1. The maximum Gasteiger partial charge on any atom is 0.234 e. The maximum atomic E-state index is 11.0. The SMILES string of the molecule is CC.CNCC(=O)CNCC(=O)NCC(C)=O. The lowest BCUT2D eigenvalue weighted by atomic mass is 10.4. The van der Waals surface area contributed by atoms with Gasteiger partial charge in [0.1, 0.15) is 5.78 Å². The fourth-order valence-electron chi connectivity index (χ4n) is 0.861. The lowest BCUT2D eigenvalue weighted by Gasteiger charge is -2.04.